The van der Waals surface area contributed by atoms with E-state index in [1.165, 1.54) is 17.7 Å². The summed E-state index contributed by atoms with van der Waals surface area (Å²) in [5, 5.41) is 36.8. The van der Waals surface area contributed by atoms with Crippen molar-refractivity contribution in [2.45, 2.75) is 77.5 Å². The molecule has 0 saturated carbocycles. The van der Waals surface area contributed by atoms with E-state index in [0.717, 1.165) is 12.0 Å². The van der Waals surface area contributed by atoms with Gasteiger partial charge < -0.3 is 20.6 Å². The molecule has 0 aliphatic rings. The van der Waals surface area contributed by atoms with Crippen molar-refractivity contribution in [2.24, 2.45) is 0 Å². The van der Waals surface area contributed by atoms with Gasteiger partial charge in [0.25, 0.3) is 5.91 Å². The molecule has 0 fully saturated rings. The van der Waals surface area contributed by atoms with Gasteiger partial charge in [0.1, 0.15) is 5.82 Å². The molecule has 3 rings (SSSR count). The number of carboxylic acid groups (broad SMARTS) is 1. The van der Waals surface area contributed by atoms with Gasteiger partial charge in [-0.05, 0) is 67.0 Å². The van der Waals surface area contributed by atoms with Crippen molar-refractivity contribution in [3.05, 3.63) is 82.4 Å². The fourth-order valence-corrected chi connectivity index (χ4v) is 4.45. The van der Waals surface area contributed by atoms with Crippen LogP contribution in [0.25, 0.3) is 5.69 Å². The minimum atomic E-state index is -1.16. The van der Waals surface area contributed by atoms with Crippen molar-refractivity contribution in [1.82, 2.24) is 15.1 Å². The summed E-state index contributed by atoms with van der Waals surface area (Å²) in [5.74, 6) is -1.97. The topological polar surface area (TPSA) is 125 Å². The standard InChI is InChI=1S/C29H36FN3O5.Na.H/c1-4-19-5-7-20(8-6-19)17-31-29(38)28-27(18(2)3)25(14-13-23(34)15-24(35)16-26(36)37)33(32-28)22-11-9-21(30)10-12-22;;/h5-12,18,23-24,34-35H,4,13-17H2,1-3H3,(H,31,38)(H,36,37);;/t23-,24-;;/m1../s1. The van der Waals surface area contributed by atoms with Gasteiger partial charge >= 0.3 is 35.5 Å². The predicted molar refractivity (Wildman–Crippen MR) is 149 cm³/mol. The van der Waals surface area contributed by atoms with Crippen molar-refractivity contribution < 1.29 is 29.3 Å². The van der Waals surface area contributed by atoms with Gasteiger partial charge in [0.2, 0.25) is 0 Å². The van der Waals surface area contributed by atoms with Gasteiger partial charge in [0.15, 0.2) is 5.69 Å². The molecule has 0 bridgehead atoms. The number of amides is 1. The quantitative estimate of drug-likeness (QED) is 0.242. The van der Waals surface area contributed by atoms with E-state index in [0.29, 0.717) is 29.9 Å². The molecule has 8 nitrogen and oxygen atoms in total. The summed E-state index contributed by atoms with van der Waals surface area (Å²) in [6.07, 6.45) is -1.20. The van der Waals surface area contributed by atoms with Gasteiger partial charge in [0.05, 0.1) is 24.3 Å². The number of aliphatic carboxylic acids is 1. The maximum absolute atomic E-state index is 13.6. The first-order valence-electron chi connectivity index (χ1n) is 12.9. The van der Waals surface area contributed by atoms with Gasteiger partial charge in [-0.25, -0.2) is 9.07 Å². The third-order valence-electron chi connectivity index (χ3n) is 6.44. The summed E-state index contributed by atoms with van der Waals surface area (Å²) >= 11 is 0. The molecule has 0 unspecified atom stereocenters. The van der Waals surface area contributed by atoms with Crippen molar-refractivity contribution in [2.75, 3.05) is 0 Å². The van der Waals surface area contributed by atoms with Crippen LogP contribution in [0.1, 0.15) is 78.8 Å². The Morgan fingerprint density at radius 1 is 1.00 bits per heavy atom. The molecule has 0 saturated heterocycles. The molecular weight excluding hydrogens is 512 g/mol. The molecular formula is C29H37FN3NaO5. The van der Waals surface area contributed by atoms with Crippen LogP contribution in [0.3, 0.4) is 0 Å². The van der Waals surface area contributed by atoms with Crippen LogP contribution < -0.4 is 5.32 Å². The molecule has 0 aliphatic heterocycles. The van der Waals surface area contributed by atoms with E-state index in [9.17, 15) is 24.2 Å². The normalized spacial score (nSPS) is 12.6. The first kappa shape index (κ1) is 32.7. The zero-order chi connectivity index (χ0) is 27.8. The monoisotopic (exact) mass is 549 g/mol. The van der Waals surface area contributed by atoms with Gasteiger partial charge in [-0.1, -0.05) is 45.0 Å². The molecule has 10 heteroatoms. The third kappa shape index (κ3) is 9.25. The number of carbonyl (C=O) groups is 2. The molecule has 4 N–H and O–H groups in total. The van der Waals surface area contributed by atoms with Crippen LogP contribution in [-0.4, -0.2) is 78.7 Å². The number of carboxylic acids is 1. The van der Waals surface area contributed by atoms with Crippen molar-refractivity contribution in [1.29, 1.82) is 0 Å². The average Bonchev–Trinajstić information content (AvgIpc) is 3.26. The Labute approximate surface area is 250 Å². The number of aromatic nitrogens is 2. The second-order valence-corrected chi connectivity index (χ2v) is 9.78. The van der Waals surface area contributed by atoms with Crippen molar-refractivity contribution >= 4 is 41.4 Å². The fourth-order valence-electron chi connectivity index (χ4n) is 4.45. The van der Waals surface area contributed by atoms with Gasteiger partial charge in [-0.3, -0.25) is 9.59 Å². The summed E-state index contributed by atoms with van der Waals surface area (Å²) in [6, 6.07) is 13.8. The van der Waals surface area contributed by atoms with Crippen molar-refractivity contribution in [3.8, 4) is 5.69 Å². The van der Waals surface area contributed by atoms with Crippen molar-refractivity contribution in [3.63, 3.8) is 0 Å². The van der Waals surface area contributed by atoms with Crippen LogP contribution in [0.5, 0.6) is 0 Å². The number of hydrogen-bond donors (Lipinski definition) is 4. The number of aliphatic hydroxyl groups is 2. The van der Waals surface area contributed by atoms with E-state index in [-0.39, 0.29) is 59.9 Å². The molecule has 2 atom stereocenters. The van der Waals surface area contributed by atoms with E-state index < -0.39 is 30.4 Å². The van der Waals surface area contributed by atoms with Gasteiger partial charge in [-0.15, -0.1) is 0 Å². The van der Waals surface area contributed by atoms with E-state index in [4.69, 9.17) is 5.11 Å². The molecule has 2 aromatic carbocycles. The SMILES string of the molecule is CCc1ccc(CNC(=O)c2nn(-c3ccc(F)cc3)c(CC[C@@H](O)C[C@@H](O)CC(=O)O)c2C(C)C)cc1.[NaH]. The number of aryl methyl sites for hydroxylation is 1. The molecule has 1 amide bonds. The minimum absolute atomic E-state index is 0. The van der Waals surface area contributed by atoms with Crippen LogP contribution in [0.4, 0.5) is 4.39 Å². The maximum atomic E-state index is 13.6. The molecule has 3 aromatic rings. The number of benzene rings is 2. The molecule has 206 valence electrons. The van der Waals surface area contributed by atoms with E-state index >= 15 is 0 Å². The number of hydrogen-bond acceptors (Lipinski definition) is 5. The Kier molecular flexibility index (Phi) is 12.8. The summed E-state index contributed by atoms with van der Waals surface area (Å²) in [5.41, 5.74) is 4.40. The summed E-state index contributed by atoms with van der Waals surface area (Å²) in [7, 11) is 0. The number of nitrogens with zero attached hydrogens (tertiary/aromatic N) is 2. The predicted octanol–water partition coefficient (Wildman–Crippen LogP) is 3.50. The number of nitrogens with one attached hydrogen (secondary N) is 1. The molecule has 0 aliphatic carbocycles. The number of halogens is 1. The zero-order valence-corrected chi connectivity index (χ0v) is 22.0. The van der Waals surface area contributed by atoms with Crippen LogP contribution in [0.2, 0.25) is 0 Å². The molecule has 0 radical (unpaired) electrons. The van der Waals surface area contributed by atoms with Gasteiger partial charge in [-0.2, -0.15) is 5.10 Å². The molecule has 1 heterocycles. The Bertz CT molecular complexity index is 1230. The molecule has 39 heavy (non-hydrogen) atoms. The Hall–Kier alpha value is -2.56. The van der Waals surface area contributed by atoms with E-state index in [1.807, 2.05) is 38.1 Å². The van der Waals surface area contributed by atoms with Crippen LogP contribution in [-0.2, 0) is 24.2 Å². The number of rotatable bonds is 13. The van der Waals surface area contributed by atoms with E-state index in [1.54, 1.807) is 16.8 Å². The summed E-state index contributed by atoms with van der Waals surface area (Å²) in [4.78, 5) is 24.2. The Balaban J connectivity index is 0.00000533. The Morgan fingerprint density at radius 3 is 2.18 bits per heavy atom. The molecule has 1 aromatic heterocycles. The first-order chi connectivity index (χ1) is 18.1. The fraction of sp³-hybridized carbons (Fsp3) is 0.414. The third-order valence-corrected chi connectivity index (χ3v) is 6.44. The van der Waals surface area contributed by atoms with Crippen LogP contribution in [0.15, 0.2) is 48.5 Å². The summed E-state index contributed by atoms with van der Waals surface area (Å²) in [6.45, 7) is 6.31. The molecule has 0 spiro atoms. The average molecular weight is 550 g/mol. The first-order valence-corrected chi connectivity index (χ1v) is 12.9. The zero-order valence-electron chi connectivity index (χ0n) is 22.0. The van der Waals surface area contributed by atoms with Crippen LogP contribution >= 0.6 is 0 Å². The number of carbonyl (C=O) groups excluding carboxylic acids is 1. The van der Waals surface area contributed by atoms with Gasteiger partial charge in [0, 0.05) is 17.8 Å². The van der Waals surface area contributed by atoms with E-state index in [2.05, 4.69) is 17.3 Å². The second-order valence-electron chi connectivity index (χ2n) is 9.78. The van der Waals surface area contributed by atoms with Crippen LogP contribution in [0, 0.1) is 5.82 Å². The second kappa shape index (κ2) is 15.3. The summed E-state index contributed by atoms with van der Waals surface area (Å²) < 4.78 is 15.2. The number of aliphatic hydroxyl groups excluding tert-OH is 2. The Morgan fingerprint density at radius 2 is 1.62 bits per heavy atom.